The number of rotatable bonds is 6. The summed E-state index contributed by atoms with van der Waals surface area (Å²) in [6.07, 6.45) is 0. The summed E-state index contributed by atoms with van der Waals surface area (Å²) >= 11 is 3.56. The van der Waals surface area contributed by atoms with Crippen LogP contribution in [0.5, 0.6) is 5.75 Å². The Morgan fingerprint density at radius 3 is 2.71 bits per heavy atom. The van der Waals surface area contributed by atoms with E-state index in [2.05, 4.69) is 40.3 Å². The molecule has 112 valence electrons. The largest absolute Gasteiger partial charge is 0.488 e. The molecule has 2 rings (SSSR count). The van der Waals surface area contributed by atoms with Crippen molar-refractivity contribution in [1.82, 2.24) is 5.32 Å². The third-order valence-corrected chi connectivity index (χ3v) is 3.97. The van der Waals surface area contributed by atoms with Gasteiger partial charge in [0.15, 0.2) is 0 Å². The number of aryl methyl sites for hydroxylation is 1. The van der Waals surface area contributed by atoms with E-state index in [0.717, 1.165) is 28.7 Å². The van der Waals surface area contributed by atoms with Gasteiger partial charge in [-0.2, -0.15) is 0 Å². The molecule has 0 saturated carbocycles. The molecule has 0 saturated heterocycles. The number of ether oxygens (including phenoxy) is 1. The highest BCUT2D eigenvalue weighted by molar-refractivity contribution is 9.10. The Kier molecular flexibility index (Phi) is 5.76. The first-order valence-electron chi connectivity index (χ1n) is 6.97. The highest BCUT2D eigenvalue weighted by atomic mass is 79.9. The van der Waals surface area contributed by atoms with Crippen LogP contribution in [0.25, 0.3) is 0 Å². The van der Waals surface area contributed by atoms with Gasteiger partial charge in [-0.05, 0) is 36.7 Å². The van der Waals surface area contributed by atoms with Crippen LogP contribution in [0.3, 0.4) is 0 Å². The Labute approximate surface area is 133 Å². The van der Waals surface area contributed by atoms with Crippen LogP contribution in [0.2, 0.25) is 0 Å². The van der Waals surface area contributed by atoms with Gasteiger partial charge in [0.1, 0.15) is 18.2 Å². The summed E-state index contributed by atoms with van der Waals surface area (Å²) in [5.41, 5.74) is 3.18. The fourth-order valence-corrected chi connectivity index (χ4v) is 2.51. The Balaban J connectivity index is 2.04. The predicted octanol–water partition coefficient (Wildman–Crippen LogP) is 4.59. The lowest BCUT2D eigenvalue weighted by Crippen LogP contribution is -2.11. The van der Waals surface area contributed by atoms with Gasteiger partial charge in [-0.25, -0.2) is 4.39 Å². The average molecular weight is 352 g/mol. The zero-order valence-corrected chi connectivity index (χ0v) is 13.8. The lowest BCUT2D eigenvalue weighted by molar-refractivity contribution is 0.301. The molecule has 21 heavy (non-hydrogen) atoms. The molecule has 0 radical (unpaired) electrons. The molecule has 0 aliphatic carbocycles. The number of hydrogen-bond donors (Lipinski definition) is 1. The van der Waals surface area contributed by atoms with Gasteiger partial charge in [-0.1, -0.05) is 41.1 Å². The summed E-state index contributed by atoms with van der Waals surface area (Å²) in [6.45, 7) is 6.19. The molecule has 2 aromatic carbocycles. The first-order valence-corrected chi connectivity index (χ1v) is 7.76. The van der Waals surface area contributed by atoms with Gasteiger partial charge in [-0.15, -0.1) is 0 Å². The van der Waals surface area contributed by atoms with Crippen molar-refractivity contribution in [1.29, 1.82) is 0 Å². The molecule has 0 unspecified atom stereocenters. The van der Waals surface area contributed by atoms with Crippen molar-refractivity contribution in [3.8, 4) is 5.75 Å². The second-order valence-electron chi connectivity index (χ2n) is 4.90. The third-order valence-electron chi connectivity index (χ3n) is 3.23. The molecule has 0 bridgehead atoms. The number of nitrogens with one attached hydrogen (secondary N) is 1. The molecule has 0 spiro atoms. The maximum absolute atomic E-state index is 13.2. The fraction of sp³-hybridized carbons (Fsp3) is 0.294. The average Bonchev–Trinajstić information content (AvgIpc) is 2.47. The summed E-state index contributed by atoms with van der Waals surface area (Å²) in [5, 5.41) is 3.29. The van der Waals surface area contributed by atoms with Crippen LogP contribution in [-0.4, -0.2) is 6.54 Å². The summed E-state index contributed by atoms with van der Waals surface area (Å²) < 4.78 is 20.0. The molecule has 0 atom stereocenters. The smallest absolute Gasteiger partial charge is 0.126 e. The van der Waals surface area contributed by atoms with Gasteiger partial charge in [0.25, 0.3) is 0 Å². The number of halogens is 2. The molecular formula is C17H19BrFNO. The lowest BCUT2D eigenvalue weighted by Gasteiger charge is -2.11. The van der Waals surface area contributed by atoms with E-state index in [-0.39, 0.29) is 5.82 Å². The van der Waals surface area contributed by atoms with Gasteiger partial charge in [0, 0.05) is 22.6 Å². The molecule has 0 aliphatic rings. The van der Waals surface area contributed by atoms with Crippen molar-refractivity contribution in [2.24, 2.45) is 0 Å². The summed E-state index contributed by atoms with van der Waals surface area (Å²) in [6, 6.07) is 10.8. The van der Waals surface area contributed by atoms with Crippen LogP contribution in [0.4, 0.5) is 4.39 Å². The molecule has 2 aromatic rings. The van der Waals surface area contributed by atoms with Crippen LogP contribution in [0, 0.1) is 12.7 Å². The Morgan fingerprint density at radius 1 is 1.19 bits per heavy atom. The molecule has 0 aliphatic heterocycles. The highest BCUT2D eigenvalue weighted by Crippen LogP contribution is 2.23. The minimum Gasteiger partial charge on any atom is -0.488 e. The Morgan fingerprint density at radius 2 is 2.00 bits per heavy atom. The van der Waals surface area contributed by atoms with Crippen molar-refractivity contribution in [2.75, 3.05) is 6.54 Å². The van der Waals surface area contributed by atoms with Gasteiger partial charge < -0.3 is 10.1 Å². The van der Waals surface area contributed by atoms with Crippen molar-refractivity contribution < 1.29 is 9.13 Å². The van der Waals surface area contributed by atoms with E-state index >= 15 is 0 Å². The van der Waals surface area contributed by atoms with Crippen molar-refractivity contribution >= 4 is 15.9 Å². The Hall–Kier alpha value is -1.39. The van der Waals surface area contributed by atoms with Crippen LogP contribution in [0.1, 0.15) is 23.6 Å². The van der Waals surface area contributed by atoms with Crippen molar-refractivity contribution in [3.63, 3.8) is 0 Å². The van der Waals surface area contributed by atoms with Crippen LogP contribution in [-0.2, 0) is 13.2 Å². The topological polar surface area (TPSA) is 21.3 Å². The van der Waals surface area contributed by atoms with Gasteiger partial charge in [-0.3, -0.25) is 0 Å². The van der Waals surface area contributed by atoms with Crippen molar-refractivity contribution in [2.45, 2.75) is 27.0 Å². The van der Waals surface area contributed by atoms with Gasteiger partial charge in [0.2, 0.25) is 0 Å². The maximum Gasteiger partial charge on any atom is 0.126 e. The highest BCUT2D eigenvalue weighted by Gasteiger charge is 2.05. The molecule has 2 nitrogen and oxygen atoms in total. The monoisotopic (exact) mass is 351 g/mol. The predicted molar refractivity (Wildman–Crippen MR) is 87.0 cm³/mol. The first-order chi connectivity index (χ1) is 10.1. The molecule has 1 N–H and O–H groups in total. The summed E-state index contributed by atoms with van der Waals surface area (Å²) in [7, 11) is 0. The zero-order valence-electron chi connectivity index (χ0n) is 12.2. The van der Waals surface area contributed by atoms with Crippen LogP contribution >= 0.6 is 15.9 Å². The van der Waals surface area contributed by atoms with Gasteiger partial charge >= 0.3 is 0 Å². The van der Waals surface area contributed by atoms with E-state index in [1.54, 1.807) is 6.07 Å². The standard InChI is InChI=1S/C17H19BrFNO/c1-3-20-10-13-5-6-14(16(18)8-13)11-21-17-9-15(19)7-4-12(17)2/h4-9,20H,3,10-11H2,1-2H3. The number of benzene rings is 2. The van der Waals surface area contributed by atoms with Crippen molar-refractivity contribution in [3.05, 3.63) is 63.4 Å². The number of hydrogen-bond acceptors (Lipinski definition) is 2. The molecule has 0 amide bonds. The third kappa shape index (κ3) is 4.55. The fourth-order valence-electron chi connectivity index (χ4n) is 1.97. The van der Waals surface area contributed by atoms with E-state index in [1.165, 1.54) is 17.7 Å². The molecular weight excluding hydrogens is 333 g/mol. The first kappa shape index (κ1) is 16.0. The van der Waals surface area contributed by atoms with Gasteiger partial charge in [0.05, 0.1) is 0 Å². The van der Waals surface area contributed by atoms with Crippen LogP contribution < -0.4 is 10.1 Å². The zero-order chi connectivity index (χ0) is 15.2. The SMILES string of the molecule is CCNCc1ccc(COc2cc(F)ccc2C)c(Br)c1. The van der Waals surface area contributed by atoms with E-state index in [4.69, 9.17) is 4.74 Å². The summed E-state index contributed by atoms with van der Waals surface area (Å²) in [5.74, 6) is 0.300. The normalized spacial score (nSPS) is 10.7. The van der Waals surface area contributed by atoms with E-state index in [0.29, 0.717) is 12.4 Å². The second-order valence-corrected chi connectivity index (χ2v) is 5.76. The Bertz CT molecular complexity index is 616. The minimum atomic E-state index is -0.282. The quantitative estimate of drug-likeness (QED) is 0.821. The second kappa shape index (κ2) is 7.57. The molecule has 4 heteroatoms. The lowest BCUT2D eigenvalue weighted by atomic mass is 10.1. The van der Waals surface area contributed by atoms with E-state index in [9.17, 15) is 4.39 Å². The van der Waals surface area contributed by atoms with Crippen LogP contribution in [0.15, 0.2) is 40.9 Å². The summed E-state index contributed by atoms with van der Waals surface area (Å²) in [4.78, 5) is 0. The van der Waals surface area contributed by atoms with E-state index in [1.807, 2.05) is 13.0 Å². The molecule has 0 aromatic heterocycles. The molecule has 0 heterocycles. The maximum atomic E-state index is 13.2. The molecule has 0 fully saturated rings. The van der Waals surface area contributed by atoms with E-state index < -0.39 is 0 Å². The minimum absolute atomic E-state index is 0.282.